The summed E-state index contributed by atoms with van der Waals surface area (Å²) >= 11 is 10.0. The molecule has 0 saturated heterocycles. The van der Waals surface area contributed by atoms with Gasteiger partial charge in [0, 0.05) is 10.9 Å². The van der Waals surface area contributed by atoms with E-state index in [2.05, 4.69) is 28.0 Å². The molecule has 0 spiro atoms. The second-order valence-electron chi connectivity index (χ2n) is 8.71. The van der Waals surface area contributed by atoms with E-state index in [-0.39, 0.29) is 22.8 Å². The highest BCUT2D eigenvalue weighted by molar-refractivity contribution is 9.10. The van der Waals surface area contributed by atoms with Crippen LogP contribution in [0.3, 0.4) is 0 Å². The summed E-state index contributed by atoms with van der Waals surface area (Å²) in [4.78, 5) is 29.3. The molecule has 202 valence electrons. The molecule has 39 heavy (non-hydrogen) atoms. The summed E-state index contributed by atoms with van der Waals surface area (Å²) in [5.74, 6) is 0.293. The zero-order valence-corrected chi connectivity index (χ0v) is 23.8. The van der Waals surface area contributed by atoms with Crippen molar-refractivity contribution < 1.29 is 19.4 Å². The van der Waals surface area contributed by atoms with Crippen LogP contribution >= 0.6 is 27.5 Å². The summed E-state index contributed by atoms with van der Waals surface area (Å²) < 4.78 is 13.8. The number of hydrogen-bond acceptors (Lipinski definition) is 6. The number of carboxylic acids is 1. The molecule has 0 radical (unpaired) electrons. The Morgan fingerprint density at radius 3 is 2.72 bits per heavy atom. The van der Waals surface area contributed by atoms with E-state index in [9.17, 15) is 14.7 Å². The van der Waals surface area contributed by atoms with Gasteiger partial charge in [0.05, 0.1) is 34.3 Å². The van der Waals surface area contributed by atoms with Crippen LogP contribution in [0, 0.1) is 0 Å². The Kier molecular flexibility index (Phi) is 9.37. The summed E-state index contributed by atoms with van der Waals surface area (Å²) in [6, 6.07) is 15.3. The van der Waals surface area contributed by atoms with Crippen LogP contribution in [0.2, 0.25) is 5.02 Å². The molecule has 8 nitrogen and oxygen atoms in total. The van der Waals surface area contributed by atoms with E-state index in [0.717, 1.165) is 17.3 Å². The SMILES string of the molecule is CCCCc1nc2ccc(Br)cc2c(=O)n1N=Cc1cc(Cl)c(OCc2cccc(C(=O)O)c2)c(OCC)c1. The molecule has 0 aliphatic carbocycles. The van der Waals surface area contributed by atoms with Gasteiger partial charge in [-0.15, -0.1) is 0 Å². The lowest BCUT2D eigenvalue weighted by Gasteiger charge is -2.15. The van der Waals surface area contributed by atoms with Crippen LogP contribution in [0.15, 0.2) is 69.0 Å². The summed E-state index contributed by atoms with van der Waals surface area (Å²) in [6.45, 7) is 4.38. The summed E-state index contributed by atoms with van der Waals surface area (Å²) in [5, 5.41) is 14.5. The second-order valence-corrected chi connectivity index (χ2v) is 10.0. The van der Waals surface area contributed by atoms with Crippen molar-refractivity contribution in [2.45, 2.75) is 39.7 Å². The van der Waals surface area contributed by atoms with Crippen LogP contribution in [-0.4, -0.2) is 33.6 Å². The molecular weight excluding hydrogens is 586 g/mol. The third-order valence-electron chi connectivity index (χ3n) is 5.84. The van der Waals surface area contributed by atoms with Crippen LogP contribution in [0.5, 0.6) is 11.5 Å². The van der Waals surface area contributed by atoms with Gasteiger partial charge in [-0.25, -0.2) is 9.78 Å². The van der Waals surface area contributed by atoms with Crippen LogP contribution in [0.1, 0.15) is 54.0 Å². The van der Waals surface area contributed by atoms with E-state index >= 15 is 0 Å². The highest BCUT2D eigenvalue weighted by atomic mass is 79.9. The lowest BCUT2D eigenvalue weighted by Crippen LogP contribution is -2.22. The molecule has 10 heteroatoms. The largest absolute Gasteiger partial charge is 0.490 e. The molecule has 1 aromatic heterocycles. The van der Waals surface area contributed by atoms with Gasteiger partial charge in [-0.1, -0.05) is 53.0 Å². The molecule has 0 atom stereocenters. The van der Waals surface area contributed by atoms with Gasteiger partial charge in [0.1, 0.15) is 12.4 Å². The Bertz CT molecular complexity index is 1600. The lowest BCUT2D eigenvalue weighted by molar-refractivity contribution is 0.0696. The first kappa shape index (κ1) is 28.3. The highest BCUT2D eigenvalue weighted by Gasteiger charge is 2.15. The van der Waals surface area contributed by atoms with Crippen molar-refractivity contribution in [1.29, 1.82) is 0 Å². The smallest absolute Gasteiger partial charge is 0.335 e. The Morgan fingerprint density at radius 1 is 1.15 bits per heavy atom. The van der Waals surface area contributed by atoms with Crippen molar-refractivity contribution in [3.8, 4) is 11.5 Å². The van der Waals surface area contributed by atoms with Crippen LogP contribution in [0.25, 0.3) is 10.9 Å². The molecule has 1 heterocycles. The number of benzene rings is 3. The van der Waals surface area contributed by atoms with Gasteiger partial charge in [0.25, 0.3) is 5.56 Å². The van der Waals surface area contributed by atoms with Crippen molar-refractivity contribution in [3.63, 3.8) is 0 Å². The van der Waals surface area contributed by atoms with Gasteiger partial charge >= 0.3 is 5.97 Å². The van der Waals surface area contributed by atoms with Gasteiger partial charge in [-0.05, 0) is 66.9 Å². The minimum Gasteiger partial charge on any atom is -0.490 e. The fourth-order valence-corrected chi connectivity index (χ4v) is 4.58. The third-order valence-corrected chi connectivity index (χ3v) is 6.61. The quantitative estimate of drug-likeness (QED) is 0.189. The van der Waals surface area contributed by atoms with E-state index < -0.39 is 5.97 Å². The van der Waals surface area contributed by atoms with Gasteiger partial charge < -0.3 is 14.6 Å². The molecule has 0 aliphatic heterocycles. The zero-order valence-electron chi connectivity index (χ0n) is 21.5. The van der Waals surface area contributed by atoms with Crippen LogP contribution in [0.4, 0.5) is 0 Å². The number of fused-ring (bicyclic) bond motifs is 1. The molecule has 0 aliphatic rings. The number of hydrogen-bond donors (Lipinski definition) is 1. The first-order valence-corrected chi connectivity index (χ1v) is 13.6. The van der Waals surface area contributed by atoms with Crippen molar-refractivity contribution in [1.82, 2.24) is 9.66 Å². The van der Waals surface area contributed by atoms with Crippen LogP contribution in [-0.2, 0) is 13.0 Å². The predicted octanol–water partition coefficient (Wildman–Crippen LogP) is 6.71. The van der Waals surface area contributed by atoms with Gasteiger partial charge in [0.15, 0.2) is 11.5 Å². The minimum atomic E-state index is -1.01. The maximum absolute atomic E-state index is 13.3. The molecule has 0 saturated carbocycles. The van der Waals surface area contributed by atoms with E-state index in [1.807, 2.05) is 19.1 Å². The van der Waals surface area contributed by atoms with Gasteiger partial charge in [-0.2, -0.15) is 9.78 Å². The highest BCUT2D eigenvalue weighted by Crippen LogP contribution is 2.37. The van der Waals surface area contributed by atoms with E-state index in [1.165, 1.54) is 17.0 Å². The number of carbonyl (C=O) groups is 1. The average Bonchev–Trinajstić information content (AvgIpc) is 2.91. The molecule has 0 amide bonds. The van der Waals surface area contributed by atoms with Crippen molar-refractivity contribution in [2.75, 3.05) is 6.61 Å². The zero-order chi connectivity index (χ0) is 27.9. The maximum Gasteiger partial charge on any atom is 0.335 e. The first-order chi connectivity index (χ1) is 18.8. The predicted molar refractivity (Wildman–Crippen MR) is 156 cm³/mol. The first-order valence-electron chi connectivity index (χ1n) is 12.5. The Hall–Kier alpha value is -3.69. The number of halogens is 2. The molecular formula is C29H27BrClN3O5. The number of ether oxygens (including phenoxy) is 2. The molecule has 3 aromatic carbocycles. The number of carboxylic acid groups (broad SMARTS) is 1. The number of unbranched alkanes of at least 4 members (excludes halogenated alkanes) is 1. The molecule has 0 unspecified atom stereocenters. The number of aryl methyl sites for hydroxylation is 1. The van der Waals surface area contributed by atoms with Crippen molar-refractivity contribution in [3.05, 3.63) is 97.0 Å². The fraction of sp³-hybridized carbons (Fsp3) is 0.241. The molecule has 4 aromatic rings. The molecule has 1 N–H and O–H groups in total. The normalized spacial score (nSPS) is 11.3. The second kappa shape index (κ2) is 12.9. The lowest BCUT2D eigenvalue weighted by atomic mass is 10.1. The number of aromatic nitrogens is 2. The van der Waals surface area contributed by atoms with Gasteiger partial charge in [-0.3, -0.25) is 4.79 Å². The maximum atomic E-state index is 13.3. The summed E-state index contributed by atoms with van der Waals surface area (Å²) in [6.07, 6.45) is 3.96. The molecule has 0 fully saturated rings. The van der Waals surface area contributed by atoms with Crippen LogP contribution < -0.4 is 15.0 Å². The molecule has 4 rings (SSSR count). The Labute approximate surface area is 239 Å². The number of rotatable bonds is 11. The average molecular weight is 613 g/mol. The Morgan fingerprint density at radius 2 is 1.97 bits per heavy atom. The van der Waals surface area contributed by atoms with E-state index in [1.54, 1.807) is 36.4 Å². The van der Waals surface area contributed by atoms with Crippen molar-refractivity contribution in [2.24, 2.45) is 5.10 Å². The standard InChI is InChI=1S/C29H27BrClN3O5/c1-3-5-9-26-33-24-11-10-21(30)15-22(24)28(35)34(26)32-16-19-13-23(31)27(25(14-19)38-4-2)39-17-18-7-6-8-20(12-18)29(36)37/h6-8,10-16H,3-5,9,17H2,1-2H3,(H,36,37). The Balaban J connectivity index is 1.67. The van der Waals surface area contributed by atoms with Gasteiger partial charge in [0.2, 0.25) is 0 Å². The van der Waals surface area contributed by atoms with E-state index in [4.69, 9.17) is 26.1 Å². The van der Waals surface area contributed by atoms with E-state index in [0.29, 0.717) is 52.4 Å². The fourth-order valence-electron chi connectivity index (χ4n) is 3.95. The minimum absolute atomic E-state index is 0.100. The van der Waals surface area contributed by atoms with Crippen molar-refractivity contribution >= 4 is 50.6 Å². The summed E-state index contributed by atoms with van der Waals surface area (Å²) in [7, 11) is 0. The molecule has 0 bridgehead atoms. The number of nitrogens with zero attached hydrogens (tertiary/aromatic N) is 3. The topological polar surface area (TPSA) is 103 Å². The summed E-state index contributed by atoms with van der Waals surface area (Å²) in [5.41, 5.74) is 1.81. The number of aromatic carboxylic acids is 1. The third kappa shape index (κ3) is 6.85. The monoisotopic (exact) mass is 611 g/mol.